The molecule has 2 fully saturated rings. The van der Waals surface area contributed by atoms with Crippen molar-refractivity contribution in [3.05, 3.63) is 272 Å². The van der Waals surface area contributed by atoms with Crippen LogP contribution in [0.5, 0.6) is 0 Å². The Bertz CT molecular complexity index is 3550. The van der Waals surface area contributed by atoms with Gasteiger partial charge in [0, 0.05) is 37.5 Å². The second-order valence-corrected chi connectivity index (χ2v) is 21.3. The molecule has 8 aromatic carbocycles. The van der Waals surface area contributed by atoms with E-state index in [1.807, 2.05) is 0 Å². The highest BCUT2D eigenvalue weighted by molar-refractivity contribution is 6.07. The van der Waals surface area contributed by atoms with E-state index in [9.17, 15) is 0 Å². The standard InChI is InChI=1S/C68H62N4O2/c1-45-4-28-66-58(29-45)21-22-59(40-64-26-25-62(70-72-64)37-54-19-15-50(16-20-54)32-48-7-11-52(12-8-48)34-57-43-74-44-57)68(66)67-39-55(35-60-30-46(2)3-27-65(60)67)38-63-24-23-61(69-71-63)36-53-17-13-49(14-18-53)31-47-5-9-51(10-6-47)33-56-41-73-42-56/h3-30,35,39,56-57H,31-34,36-38,40-44H2,1-2H3. The lowest BCUT2D eigenvalue weighted by Gasteiger charge is -2.25. The Labute approximate surface area is 435 Å². The van der Waals surface area contributed by atoms with Gasteiger partial charge in [-0.05, 0) is 152 Å². The Kier molecular flexibility index (Phi) is 13.7. The van der Waals surface area contributed by atoms with Crippen LogP contribution >= 0.6 is 0 Å². The zero-order valence-corrected chi connectivity index (χ0v) is 42.6. The average molecular weight is 967 g/mol. The zero-order valence-electron chi connectivity index (χ0n) is 42.6. The number of ether oxygens (including phenoxy) is 2. The first-order valence-corrected chi connectivity index (χ1v) is 26.5. The molecule has 74 heavy (non-hydrogen) atoms. The van der Waals surface area contributed by atoms with Crippen molar-refractivity contribution >= 4 is 21.5 Å². The molecular weight excluding hydrogens is 905 g/mol. The minimum atomic E-state index is 0.662. The number of rotatable bonds is 17. The van der Waals surface area contributed by atoms with Gasteiger partial charge in [-0.15, -0.1) is 0 Å². The van der Waals surface area contributed by atoms with Gasteiger partial charge in [-0.2, -0.15) is 20.4 Å². The van der Waals surface area contributed by atoms with Gasteiger partial charge in [-0.1, -0.05) is 169 Å². The van der Waals surface area contributed by atoms with Gasteiger partial charge in [0.15, 0.2) is 0 Å². The van der Waals surface area contributed by atoms with Crippen LogP contribution in [0.4, 0.5) is 0 Å². The number of benzene rings is 8. The number of fused-ring (bicyclic) bond motifs is 2. The van der Waals surface area contributed by atoms with E-state index in [4.69, 9.17) is 29.9 Å². The molecule has 0 spiro atoms. The quantitative estimate of drug-likeness (QED) is 0.0905. The molecule has 0 aliphatic carbocycles. The molecule has 2 aliphatic rings. The maximum absolute atomic E-state index is 5.36. The SMILES string of the molecule is Cc1ccc2c(-c3c(Cc4ccc(Cc5ccc(Cc6ccc(CC7COC7)cc6)cc5)nn4)ccc4cc(C)ccc34)cc(Cc3ccc(Cc4ccc(Cc5ccc(CC6COC6)cc5)cc4)nn3)cc2c1. The fraction of sp³-hybridized carbons (Fsp3) is 0.235. The van der Waals surface area contributed by atoms with Crippen molar-refractivity contribution in [2.24, 2.45) is 11.8 Å². The lowest BCUT2D eigenvalue weighted by molar-refractivity contribution is -0.0312. The molecule has 2 aliphatic heterocycles. The predicted molar refractivity (Wildman–Crippen MR) is 299 cm³/mol. The van der Waals surface area contributed by atoms with E-state index in [1.54, 1.807) is 0 Å². The Hall–Kier alpha value is -7.64. The molecule has 12 rings (SSSR count). The van der Waals surface area contributed by atoms with Crippen molar-refractivity contribution in [1.29, 1.82) is 0 Å². The lowest BCUT2D eigenvalue weighted by Crippen LogP contribution is -2.29. The van der Waals surface area contributed by atoms with Gasteiger partial charge in [0.25, 0.3) is 0 Å². The molecule has 0 bridgehead atoms. The third-order valence-electron chi connectivity index (χ3n) is 15.1. The molecule has 2 saturated heterocycles. The molecular formula is C68H62N4O2. The second kappa shape index (κ2) is 21.4. The van der Waals surface area contributed by atoms with E-state index in [0.717, 1.165) is 87.7 Å². The maximum atomic E-state index is 5.36. The van der Waals surface area contributed by atoms with Gasteiger partial charge in [0.05, 0.1) is 49.2 Å². The van der Waals surface area contributed by atoms with Gasteiger partial charge in [0.1, 0.15) is 0 Å². The topological polar surface area (TPSA) is 70.0 Å². The zero-order chi connectivity index (χ0) is 49.8. The van der Waals surface area contributed by atoms with E-state index >= 15 is 0 Å². The third-order valence-corrected chi connectivity index (χ3v) is 15.1. The van der Waals surface area contributed by atoms with Crippen LogP contribution in [0.25, 0.3) is 32.7 Å². The molecule has 4 heterocycles. The third kappa shape index (κ3) is 11.3. The van der Waals surface area contributed by atoms with E-state index in [2.05, 4.69) is 196 Å². The van der Waals surface area contributed by atoms with Crippen molar-refractivity contribution in [2.75, 3.05) is 26.4 Å². The van der Waals surface area contributed by atoms with Crippen LogP contribution in [-0.4, -0.2) is 46.8 Å². The number of aryl methyl sites for hydroxylation is 2. The fourth-order valence-electron chi connectivity index (χ4n) is 10.9. The predicted octanol–water partition coefficient (Wildman–Crippen LogP) is 13.8. The Morgan fingerprint density at radius 2 is 0.730 bits per heavy atom. The molecule has 0 unspecified atom stereocenters. The first-order chi connectivity index (χ1) is 36.3. The first kappa shape index (κ1) is 47.4. The lowest BCUT2D eigenvalue weighted by atomic mass is 9.86. The van der Waals surface area contributed by atoms with Crippen LogP contribution in [0.2, 0.25) is 0 Å². The summed E-state index contributed by atoms with van der Waals surface area (Å²) >= 11 is 0. The van der Waals surface area contributed by atoms with E-state index < -0.39 is 0 Å². The van der Waals surface area contributed by atoms with Gasteiger partial charge in [0.2, 0.25) is 0 Å². The van der Waals surface area contributed by atoms with Gasteiger partial charge in [-0.3, -0.25) is 0 Å². The monoisotopic (exact) mass is 966 g/mol. The van der Waals surface area contributed by atoms with E-state index in [-0.39, 0.29) is 0 Å². The van der Waals surface area contributed by atoms with Crippen molar-refractivity contribution in [3.63, 3.8) is 0 Å². The summed E-state index contributed by atoms with van der Waals surface area (Å²) in [4.78, 5) is 0. The maximum Gasteiger partial charge on any atom is 0.0675 e. The van der Waals surface area contributed by atoms with Crippen LogP contribution in [0.1, 0.15) is 89.5 Å². The Balaban J connectivity index is 0.740. The Morgan fingerprint density at radius 1 is 0.338 bits per heavy atom. The fourth-order valence-corrected chi connectivity index (χ4v) is 10.9. The summed E-state index contributed by atoms with van der Waals surface area (Å²) in [5, 5.41) is 24.1. The van der Waals surface area contributed by atoms with Crippen LogP contribution in [0, 0.1) is 25.7 Å². The summed E-state index contributed by atoms with van der Waals surface area (Å²) < 4.78 is 10.7. The summed E-state index contributed by atoms with van der Waals surface area (Å²) in [6.45, 7) is 7.92. The van der Waals surface area contributed by atoms with Gasteiger partial charge >= 0.3 is 0 Å². The summed E-state index contributed by atoms with van der Waals surface area (Å²) in [5.74, 6) is 1.35. The number of hydrogen-bond acceptors (Lipinski definition) is 6. The molecule has 0 N–H and O–H groups in total. The highest BCUT2D eigenvalue weighted by Crippen LogP contribution is 2.39. The van der Waals surface area contributed by atoms with Crippen molar-refractivity contribution in [2.45, 2.75) is 65.2 Å². The largest absolute Gasteiger partial charge is 0.381 e. The first-order valence-electron chi connectivity index (χ1n) is 26.5. The molecule has 0 radical (unpaired) electrons. The summed E-state index contributed by atoms with van der Waals surface area (Å²) in [7, 11) is 0. The number of nitrogens with zero attached hydrogens (tertiary/aromatic N) is 4. The summed E-state index contributed by atoms with van der Waals surface area (Å²) in [6.07, 6.45) is 6.88. The molecule has 0 atom stereocenters. The highest BCUT2D eigenvalue weighted by Gasteiger charge is 2.20. The smallest absolute Gasteiger partial charge is 0.0675 e. The summed E-state index contributed by atoms with van der Waals surface area (Å²) in [6, 6.07) is 67.6. The van der Waals surface area contributed by atoms with E-state index in [0.29, 0.717) is 24.7 Å². The molecule has 2 aromatic heterocycles. The normalized spacial score (nSPS) is 13.8. The molecule has 6 nitrogen and oxygen atoms in total. The minimum Gasteiger partial charge on any atom is -0.381 e. The summed E-state index contributed by atoms with van der Waals surface area (Å²) in [5.41, 5.74) is 21.7. The molecule has 0 amide bonds. The molecule has 0 saturated carbocycles. The van der Waals surface area contributed by atoms with Crippen molar-refractivity contribution in [1.82, 2.24) is 20.4 Å². The number of hydrogen-bond donors (Lipinski definition) is 0. The van der Waals surface area contributed by atoms with Crippen LogP contribution in [0.3, 0.4) is 0 Å². The Morgan fingerprint density at radius 3 is 1.16 bits per heavy atom. The van der Waals surface area contributed by atoms with Crippen LogP contribution in [0.15, 0.2) is 182 Å². The van der Waals surface area contributed by atoms with Gasteiger partial charge < -0.3 is 9.47 Å². The number of aromatic nitrogens is 4. The van der Waals surface area contributed by atoms with Crippen molar-refractivity contribution < 1.29 is 9.47 Å². The highest BCUT2D eigenvalue weighted by atomic mass is 16.5. The average Bonchev–Trinajstić information content (AvgIpc) is 3.39. The second-order valence-electron chi connectivity index (χ2n) is 21.3. The molecule has 10 aromatic rings. The van der Waals surface area contributed by atoms with Gasteiger partial charge in [-0.25, -0.2) is 0 Å². The van der Waals surface area contributed by atoms with Crippen LogP contribution < -0.4 is 0 Å². The van der Waals surface area contributed by atoms with Crippen molar-refractivity contribution in [3.8, 4) is 11.1 Å². The molecule has 366 valence electrons. The molecule has 6 heteroatoms. The van der Waals surface area contributed by atoms with E-state index in [1.165, 1.54) is 99.4 Å². The van der Waals surface area contributed by atoms with Crippen LogP contribution in [-0.2, 0) is 60.8 Å². The minimum absolute atomic E-state index is 0.662.